The quantitative estimate of drug-likeness (QED) is 0.572. The van der Waals surface area contributed by atoms with E-state index in [-0.39, 0.29) is 17.8 Å². The normalized spacial score (nSPS) is 11.9. The summed E-state index contributed by atoms with van der Waals surface area (Å²) in [4.78, 5) is 24.0. The Bertz CT molecular complexity index is 1130. The van der Waals surface area contributed by atoms with Crippen LogP contribution >= 0.6 is 0 Å². The molecule has 30 heavy (non-hydrogen) atoms. The minimum absolute atomic E-state index is 0.246. The monoisotopic (exact) mass is 415 g/mol. The van der Waals surface area contributed by atoms with Crippen molar-refractivity contribution in [3.8, 4) is 11.6 Å². The highest BCUT2D eigenvalue weighted by atomic mass is 19.1. The lowest BCUT2D eigenvalue weighted by Gasteiger charge is -2.20. The van der Waals surface area contributed by atoms with E-state index in [1.807, 2.05) is 19.9 Å². The van der Waals surface area contributed by atoms with Crippen LogP contribution in [-0.2, 0) is 4.79 Å². The Morgan fingerprint density at radius 3 is 2.57 bits per heavy atom. The summed E-state index contributed by atoms with van der Waals surface area (Å²) in [5, 5.41) is 25.8. The number of amides is 1. The van der Waals surface area contributed by atoms with Crippen LogP contribution in [0.25, 0.3) is 5.69 Å². The van der Waals surface area contributed by atoms with Crippen LogP contribution in [0.1, 0.15) is 39.6 Å². The Morgan fingerprint density at radius 1 is 1.17 bits per heavy atom. The van der Waals surface area contributed by atoms with E-state index in [0.717, 1.165) is 34.0 Å². The summed E-state index contributed by atoms with van der Waals surface area (Å²) in [5.41, 5.74) is 1.91. The SMILES string of the molecule is Cc1cccc(C(CC(=O)O)NC(=O)c2cc(O)n(-c3ccc(F)cc3F)n2)c1C. The van der Waals surface area contributed by atoms with Crippen LogP contribution in [0.5, 0.6) is 5.88 Å². The maximum Gasteiger partial charge on any atom is 0.305 e. The summed E-state index contributed by atoms with van der Waals surface area (Å²) in [7, 11) is 0. The lowest BCUT2D eigenvalue weighted by atomic mass is 9.95. The number of carboxylic acid groups (broad SMARTS) is 1. The molecule has 0 fully saturated rings. The van der Waals surface area contributed by atoms with Gasteiger partial charge in [-0.2, -0.15) is 9.78 Å². The molecule has 0 bridgehead atoms. The zero-order chi connectivity index (χ0) is 22.0. The molecule has 3 aromatic rings. The molecular weight excluding hydrogens is 396 g/mol. The first-order valence-corrected chi connectivity index (χ1v) is 9.00. The number of carbonyl (C=O) groups excluding carboxylic acids is 1. The summed E-state index contributed by atoms with van der Waals surface area (Å²) in [5.74, 6) is -4.17. The minimum Gasteiger partial charge on any atom is -0.493 e. The van der Waals surface area contributed by atoms with E-state index in [4.69, 9.17) is 0 Å². The van der Waals surface area contributed by atoms with Gasteiger partial charge in [0.25, 0.3) is 5.91 Å². The minimum atomic E-state index is -1.11. The Hall–Kier alpha value is -3.75. The summed E-state index contributed by atoms with van der Waals surface area (Å²) < 4.78 is 27.9. The molecule has 1 aromatic heterocycles. The molecule has 0 saturated carbocycles. The summed E-state index contributed by atoms with van der Waals surface area (Å²) in [6.07, 6.45) is -0.366. The van der Waals surface area contributed by atoms with Crippen molar-refractivity contribution in [1.29, 1.82) is 0 Å². The number of hydrogen-bond donors (Lipinski definition) is 3. The molecule has 3 N–H and O–H groups in total. The fourth-order valence-electron chi connectivity index (χ4n) is 3.11. The first kappa shape index (κ1) is 21.0. The number of nitrogens with zero attached hydrogens (tertiary/aromatic N) is 2. The fraction of sp³-hybridized carbons (Fsp3) is 0.190. The Kier molecular flexibility index (Phi) is 5.81. The Labute approximate surface area is 170 Å². The number of halogens is 2. The zero-order valence-electron chi connectivity index (χ0n) is 16.2. The molecule has 0 saturated heterocycles. The molecule has 9 heteroatoms. The van der Waals surface area contributed by atoms with Crippen molar-refractivity contribution in [3.05, 3.63) is 76.5 Å². The largest absolute Gasteiger partial charge is 0.493 e. The molecule has 1 atom stereocenters. The van der Waals surface area contributed by atoms with Crippen LogP contribution in [-0.4, -0.2) is 31.9 Å². The van der Waals surface area contributed by atoms with Gasteiger partial charge in [0, 0.05) is 12.1 Å². The third-order valence-electron chi connectivity index (χ3n) is 4.77. The molecular formula is C21H19F2N3O4. The molecule has 7 nitrogen and oxygen atoms in total. The van der Waals surface area contributed by atoms with Crippen molar-refractivity contribution < 1.29 is 28.6 Å². The van der Waals surface area contributed by atoms with Gasteiger partial charge in [-0.25, -0.2) is 8.78 Å². The maximum absolute atomic E-state index is 14.0. The number of rotatable bonds is 6. The van der Waals surface area contributed by atoms with Gasteiger partial charge < -0.3 is 15.5 Å². The zero-order valence-corrected chi connectivity index (χ0v) is 16.2. The van der Waals surface area contributed by atoms with Crippen LogP contribution < -0.4 is 5.32 Å². The number of aliphatic carboxylic acids is 1. The molecule has 1 amide bonds. The number of aromatic nitrogens is 2. The lowest BCUT2D eigenvalue weighted by molar-refractivity contribution is -0.137. The molecule has 0 aliphatic carbocycles. The smallest absolute Gasteiger partial charge is 0.305 e. The second-order valence-corrected chi connectivity index (χ2v) is 6.81. The van der Waals surface area contributed by atoms with E-state index >= 15 is 0 Å². The molecule has 2 aromatic carbocycles. The predicted octanol–water partition coefficient (Wildman–Crippen LogP) is 3.42. The van der Waals surface area contributed by atoms with Crippen molar-refractivity contribution in [2.45, 2.75) is 26.3 Å². The van der Waals surface area contributed by atoms with E-state index in [2.05, 4.69) is 10.4 Å². The Morgan fingerprint density at radius 2 is 1.90 bits per heavy atom. The summed E-state index contributed by atoms with van der Waals surface area (Å²) >= 11 is 0. The van der Waals surface area contributed by atoms with Crippen molar-refractivity contribution in [1.82, 2.24) is 15.1 Å². The third-order valence-corrected chi connectivity index (χ3v) is 4.77. The second-order valence-electron chi connectivity index (χ2n) is 6.81. The van der Waals surface area contributed by atoms with Gasteiger partial charge in [-0.15, -0.1) is 0 Å². The number of nitrogens with one attached hydrogen (secondary N) is 1. The van der Waals surface area contributed by atoms with Crippen LogP contribution in [0, 0.1) is 25.5 Å². The molecule has 1 unspecified atom stereocenters. The van der Waals surface area contributed by atoms with Crippen LogP contribution in [0.15, 0.2) is 42.5 Å². The maximum atomic E-state index is 14.0. The van der Waals surface area contributed by atoms with Gasteiger partial charge in [-0.3, -0.25) is 9.59 Å². The second kappa shape index (κ2) is 8.32. The average molecular weight is 415 g/mol. The molecule has 0 radical (unpaired) electrons. The Balaban J connectivity index is 1.91. The number of hydrogen-bond acceptors (Lipinski definition) is 4. The highest BCUT2D eigenvalue weighted by Gasteiger charge is 2.24. The van der Waals surface area contributed by atoms with Crippen molar-refractivity contribution in [2.75, 3.05) is 0 Å². The number of carboxylic acids is 1. The van der Waals surface area contributed by atoms with Crippen molar-refractivity contribution in [2.24, 2.45) is 0 Å². The van der Waals surface area contributed by atoms with Gasteiger partial charge in [0.2, 0.25) is 5.88 Å². The van der Waals surface area contributed by atoms with E-state index < -0.39 is 35.4 Å². The van der Waals surface area contributed by atoms with Gasteiger partial charge in [-0.05, 0) is 42.7 Å². The van der Waals surface area contributed by atoms with Crippen LogP contribution in [0.3, 0.4) is 0 Å². The molecule has 0 spiro atoms. The fourth-order valence-corrected chi connectivity index (χ4v) is 3.11. The molecule has 0 aliphatic heterocycles. The molecule has 0 aliphatic rings. The number of benzene rings is 2. The predicted molar refractivity (Wildman–Crippen MR) is 104 cm³/mol. The number of aryl methyl sites for hydroxylation is 1. The average Bonchev–Trinajstić information content (AvgIpc) is 3.05. The third kappa shape index (κ3) is 4.29. The van der Waals surface area contributed by atoms with Gasteiger partial charge in [-0.1, -0.05) is 18.2 Å². The van der Waals surface area contributed by atoms with Gasteiger partial charge in [0.15, 0.2) is 11.5 Å². The van der Waals surface area contributed by atoms with Crippen molar-refractivity contribution >= 4 is 11.9 Å². The molecule has 156 valence electrons. The van der Waals surface area contributed by atoms with Crippen LogP contribution in [0.2, 0.25) is 0 Å². The summed E-state index contributed by atoms with van der Waals surface area (Å²) in [6, 6.07) is 8.21. The molecule has 3 rings (SSSR count). The summed E-state index contributed by atoms with van der Waals surface area (Å²) in [6.45, 7) is 3.69. The van der Waals surface area contributed by atoms with E-state index in [0.29, 0.717) is 11.6 Å². The first-order chi connectivity index (χ1) is 14.2. The van der Waals surface area contributed by atoms with Crippen molar-refractivity contribution in [3.63, 3.8) is 0 Å². The first-order valence-electron chi connectivity index (χ1n) is 9.00. The van der Waals surface area contributed by atoms with Gasteiger partial charge >= 0.3 is 5.97 Å². The van der Waals surface area contributed by atoms with Crippen LogP contribution in [0.4, 0.5) is 8.78 Å². The van der Waals surface area contributed by atoms with E-state index in [1.54, 1.807) is 12.1 Å². The standard InChI is InChI=1S/C21H19F2N3O4/c1-11-4-3-5-14(12(11)2)16(10-20(28)29)24-21(30)17-9-19(27)26(25-17)18-7-6-13(22)8-15(18)23/h3-9,16,27H,10H2,1-2H3,(H,24,30)(H,28,29). The topological polar surface area (TPSA) is 104 Å². The lowest BCUT2D eigenvalue weighted by Crippen LogP contribution is -2.31. The number of aromatic hydroxyl groups is 1. The number of carbonyl (C=O) groups is 2. The van der Waals surface area contributed by atoms with E-state index in [1.165, 1.54) is 0 Å². The highest BCUT2D eigenvalue weighted by Crippen LogP contribution is 2.25. The highest BCUT2D eigenvalue weighted by molar-refractivity contribution is 5.93. The molecule has 1 heterocycles. The van der Waals surface area contributed by atoms with Gasteiger partial charge in [0.05, 0.1) is 12.5 Å². The van der Waals surface area contributed by atoms with E-state index in [9.17, 15) is 28.6 Å². The van der Waals surface area contributed by atoms with Gasteiger partial charge in [0.1, 0.15) is 11.5 Å².